The normalized spacial score (nSPS) is 10.7. The summed E-state index contributed by atoms with van der Waals surface area (Å²) < 4.78 is 18.5. The molecule has 94 valence electrons. The zero-order valence-electron chi connectivity index (χ0n) is 10.6. The molecular formula is C15H16FNO. The summed E-state index contributed by atoms with van der Waals surface area (Å²) in [6, 6.07) is 12.3. The van der Waals surface area contributed by atoms with Crippen LogP contribution in [0.15, 0.2) is 42.5 Å². The number of benzene rings is 1. The van der Waals surface area contributed by atoms with Gasteiger partial charge in [-0.05, 0) is 36.1 Å². The van der Waals surface area contributed by atoms with Crippen LogP contribution in [-0.2, 0) is 6.42 Å². The van der Waals surface area contributed by atoms with E-state index in [1.807, 2.05) is 18.2 Å². The Balaban J connectivity index is 2.14. The van der Waals surface area contributed by atoms with Crippen LogP contribution in [0.2, 0.25) is 0 Å². The maximum atomic E-state index is 12.9. The second-order valence-electron chi connectivity index (χ2n) is 4.65. The lowest BCUT2D eigenvalue weighted by molar-refractivity contribution is 0.444. The Morgan fingerprint density at radius 3 is 2.67 bits per heavy atom. The molecule has 0 radical (unpaired) electrons. The summed E-state index contributed by atoms with van der Waals surface area (Å²) >= 11 is 0. The second kappa shape index (κ2) is 5.63. The van der Waals surface area contributed by atoms with Gasteiger partial charge in [0.25, 0.3) is 0 Å². The molecule has 18 heavy (non-hydrogen) atoms. The number of hydrogen-bond donors (Lipinski definition) is 0. The Hall–Kier alpha value is -1.90. The fourth-order valence-corrected chi connectivity index (χ4v) is 1.77. The quantitative estimate of drug-likeness (QED) is 0.753. The minimum Gasteiger partial charge on any atom is -0.439 e. The van der Waals surface area contributed by atoms with Crippen molar-refractivity contribution in [3.8, 4) is 11.6 Å². The molecule has 1 heterocycles. The number of halogens is 1. The summed E-state index contributed by atoms with van der Waals surface area (Å²) in [6.07, 6.45) is 0.994. The minimum absolute atomic E-state index is 0.275. The minimum atomic E-state index is -0.536. The lowest BCUT2D eigenvalue weighted by Crippen LogP contribution is -1.95. The van der Waals surface area contributed by atoms with Gasteiger partial charge in [0, 0.05) is 6.07 Å². The smallest absolute Gasteiger partial charge is 0.221 e. The summed E-state index contributed by atoms with van der Waals surface area (Å²) in [6.45, 7) is 4.34. The van der Waals surface area contributed by atoms with Crippen molar-refractivity contribution in [3.63, 3.8) is 0 Å². The van der Waals surface area contributed by atoms with Crippen LogP contribution in [-0.4, -0.2) is 4.98 Å². The van der Waals surface area contributed by atoms with Crippen molar-refractivity contribution < 1.29 is 9.13 Å². The third-order valence-corrected chi connectivity index (χ3v) is 2.45. The monoisotopic (exact) mass is 245 g/mol. The number of nitrogens with zero attached hydrogens (tertiary/aromatic N) is 1. The molecule has 0 bridgehead atoms. The van der Waals surface area contributed by atoms with Crippen molar-refractivity contribution in [2.75, 3.05) is 0 Å². The summed E-state index contributed by atoms with van der Waals surface area (Å²) in [5.74, 6) is 1.02. The van der Waals surface area contributed by atoms with Gasteiger partial charge in [-0.3, -0.25) is 0 Å². The van der Waals surface area contributed by atoms with Crippen LogP contribution < -0.4 is 4.74 Å². The molecule has 0 amide bonds. The van der Waals surface area contributed by atoms with E-state index in [0.717, 1.165) is 6.42 Å². The molecule has 0 aliphatic carbocycles. The molecule has 2 rings (SSSR count). The van der Waals surface area contributed by atoms with Crippen LogP contribution in [0, 0.1) is 11.9 Å². The maximum absolute atomic E-state index is 12.9. The van der Waals surface area contributed by atoms with E-state index in [-0.39, 0.29) is 5.88 Å². The van der Waals surface area contributed by atoms with Crippen molar-refractivity contribution in [1.82, 2.24) is 4.98 Å². The Bertz CT molecular complexity index is 525. The molecule has 0 aliphatic heterocycles. The molecule has 3 heteroatoms. The Kier molecular flexibility index (Phi) is 3.92. The molecule has 1 aromatic heterocycles. The van der Waals surface area contributed by atoms with Crippen LogP contribution in [0.25, 0.3) is 0 Å². The van der Waals surface area contributed by atoms with Gasteiger partial charge in [-0.2, -0.15) is 9.37 Å². The van der Waals surface area contributed by atoms with E-state index in [1.165, 1.54) is 11.6 Å². The van der Waals surface area contributed by atoms with E-state index in [1.54, 1.807) is 12.1 Å². The van der Waals surface area contributed by atoms with E-state index in [9.17, 15) is 4.39 Å². The van der Waals surface area contributed by atoms with Gasteiger partial charge in [0.15, 0.2) is 0 Å². The van der Waals surface area contributed by atoms with E-state index in [4.69, 9.17) is 4.74 Å². The number of ether oxygens (including phenoxy) is 1. The first-order valence-corrected chi connectivity index (χ1v) is 6.03. The summed E-state index contributed by atoms with van der Waals surface area (Å²) in [7, 11) is 0. The van der Waals surface area contributed by atoms with Crippen molar-refractivity contribution in [1.29, 1.82) is 0 Å². The molecule has 0 spiro atoms. The first-order chi connectivity index (χ1) is 8.63. The van der Waals surface area contributed by atoms with Gasteiger partial charge in [0.05, 0.1) is 0 Å². The van der Waals surface area contributed by atoms with Gasteiger partial charge < -0.3 is 4.74 Å². The number of rotatable bonds is 4. The average molecular weight is 245 g/mol. The van der Waals surface area contributed by atoms with E-state index in [0.29, 0.717) is 11.7 Å². The highest BCUT2D eigenvalue weighted by Crippen LogP contribution is 2.21. The first kappa shape index (κ1) is 12.6. The van der Waals surface area contributed by atoms with Gasteiger partial charge in [-0.15, -0.1) is 0 Å². The van der Waals surface area contributed by atoms with Crippen LogP contribution in [0.5, 0.6) is 11.6 Å². The van der Waals surface area contributed by atoms with Gasteiger partial charge in [0.1, 0.15) is 5.75 Å². The summed E-state index contributed by atoms with van der Waals surface area (Å²) in [5.41, 5.74) is 1.21. The van der Waals surface area contributed by atoms with Gasteiger partial charge >= 0.3 is 0 Å². The number of pyridine rings is 1. The molecule has 0 fully saturated rings. The zero-order chi connectivity index (χ0) is 13.0. The molecular weight excluding hydrogens is 229 g/mol. The van der Waals surface area contributed by atoms with Gasteiger partial charge in [-0.25, -0.2) is 0 Å². The van der Waals surface area contributed by atoms with Crippen molar-refractivity contribution in [2.45, 2.75) is 20.3 Å². The second-order valence-corrected chi connectivity index (χ2v) is 4.65. The third kappa shape index (κ3) is 3.55. The summed E-state index contributed by atoms with van der Waals surface area (Å²) in [4.78, 5) is 3.67. The summed E-state index contributed by atoms with van der Waals surface area (Å²) in [5, 5.41) is 0. The van der Waals surface area contributed by atoms with Gasteiger partial charge in [0.2, 0.25) is 11.8 Å². The SMILES string of the molecule is CC(C)Cc1cccc(Oc2cccc(F)n2)c1. The molecule has 0 N–H and O–H groups in total. The van der Waals surface area contributed by atoms with Crippen molar-refractivity contribution >= 4 is 0 Å². The van der Waals surface area contributed by atoms with Gasteiger partial charge in [-0.1, -0.05) is 32.0 Å². The molecule has 0 saturated carbocycles. The zero-order valence-corrected chi connectivity index (χ0v) is 10.6. The third-order valence-electron chi connectivity index (χ3n) is 2.45. The maximum Gasteiger partial charge on any atom is 0.221 e. The molecule has 2 nitrogen and oxygen atoms in total. The van der Waals surface area contributed by atoms with Crippen LogP contribution in [0.1, 0.15) is 19.4 Å². The van der Waals surface area contributed by atoms with E-state index >= 15 is 0 Å². The predicted octanol–water partition coefficient (Wildman–Crippen LogP) is 4.21. The Labute approximate surface area is 106 Å². The number of hydrogen-bond acceptors (Lipinski definition) is 2. The highest BCUT2D eigenvalue weighted by molar-refractivity contribution is 5.31. The lowest BCUT2D eigenvalue weighted by Gasteiger charge is -2.08. The lowest BCUT2D eigenvalue weighted by atomic mass is 10.0. The highest BCUT2D eigenvalue weighted by Gasteiger charge is 2.03. The number of aromatic nitrogens is 1. The average Bonchev–Trinajstić information content (AvgIpc) is 2.28. The first-order valence-electron chi connectivity index (χ1n) is 6.03. The molecule has 2 aromatic rings. The molecule has 1 aromatic carbocycles. The Morgan fingerprint density at radius 1 is 1.17 bits per heavy atom. The van der Waals surface area contributed by atoms with Crippen LogP contribution in [0.3, 0.4) is 0 Å². The largest absolute Gasteiger partial charge is 0.439 e. The molecule has 0 unspecified atom stereocenters. The van der Waals surface area contributed by atoms with E-state index in [2.05, 4.69) is 24.9 Å². The van der Waals surface area contributed by atoms with E-state index < -0.39 is 5.95 Å². The van der Waals surface area contributed by atoms with Crippen molar-refractivity contribution in [2.24, 2.45) is 5.92 Å². The van der Waals surface area contributed by atoms with Crippen LogP contribution >= 0.6 is 0 Å². The fourth-order valence-electron chi connectivity index (χ4n) is 1.77. The van der Waals surface area contributed by atoms with Crippen LogP contribution in [0.4, 0.5) is 4.39 Å². The molecule has 0 atom stereocenters. The molecule has 0 saturated heterocycles. The topological polar surface area (TPSA) is 22.1 Å². The van der Waals surface area contributed by atoms with Crippen molar-refractivity contribution in [3.05, 3.63) is 54.0 Å². The Morgan fingerprint density at radius 2 is 1.94 bits per heavy atom. The predicted molar refractivity (Wildman–Crippen MR) is 69.3 cm³/mol. The fraction of sp³-hybridized carbons (Fsp3) is 0.267. The highest BCUT2D eigenvalue weighted by atomic mass is 19.1. The molecule has 0 aliphatic rings. The standard InChI is InChI=1S/C15H16FNO/c1-11(2)9-12-5-3-6-13(10-12)18-15-8-4-7-14(16)17-15/h3-8,10-11H,9H2,1-2H3.